The molecule has 58 valence electrons. The topological polar surface area (TPSA) is 23.8 Å². The summed E-state index contributed by atoms with van der Waals surface area (Å²) in [5, 5.41) is 8.26. The Bertz CT molecular complexity index is 365. The van der Waals surface area contributed by atoms with Gasteiger partial charge >= 0.3 is 0 Å². The smallest absolute Gasteiger partial charge is 0.152 e. The van der Waals surface area contributed by atoms with Crippen molar-refractivity contribution in [3.8, 4) is 17.9 Å². The van der Waals surface area contributed by atoms with Gasteiger partial charge in [-0.1, -0.05) is 12.1 Å². The van der Waals surface area contributed by atoms with Crippen LogP contribution in [-0.4, -0.2) is 6.26 Å². The van der Waals surface area contributed by atoms with E-state index < -0.39 is 0 Å². The second kappa shape index (κ2) is 4.49. The maximum Gasteiger partial charge on any atom is 0.152 e. The lowest BCUT2D eigenvalue weighted by atomic mass is 10.2. The molecule has 0 saturated heterocycles. The molecule has 0 atom stereocenters. The minimum Gasteiger partial charge on any atom is -0.183 e. The fraction of sp³-hybridized carbons (Fsp3) is 0.100. The van der Waals surface area contributed by atoms with Crippen molar-refractivity contribution in [2.75, 3.05) is 6.26 Å². The predicted octanol–water partition coefficient (Wildman–Crippen LogP) is 2.28. The van der Waals surface area contributed by atoms with Crippen LogP contribution in [0.1, 0.15) is 5.56 Å². The first-order valence-corrected chi connectivity index (χ1v) is 4.64. The summed E-state index contributed by atoms with van der Waals surface area (Å²) >= 11 is 1.63. The van der Waals surface area contributed by atoms with Gasteiger partial charge in [-0.3, -0.25) is 0 Å². The molecule has 2 heteroatoms. The zero-order chi connectivity index (χ0) is 8.81. The van der Waals surface area contributed by atoms with Gasteiger partial charge in [-0.25, -0.2) is 0 Å². The number of hydrogen-bond donors (Lipinski definition) is 0. The third-order valence-corrected chi connectivity index (χ3v) is 2.16. The fourth-order valence-electron chi connectivity index (χ4n) is 0.843. The van der Waals surface area contributed by atoms with Crippen LogP contribution in [0.25, 0.3) is 0 Å². The average molecular weight is 173 g/mol. The van der Waals surface area contributed by atoms with Crippen LogP contribution in [0.5, 0.6) is 0 Å². The van der Waals surface area contributed by atoms with Gasteiger partial charge in [0.15, 0.2) is 6.07 Å². The summed E-state index contributed by atoms with van der Waals surface area (Å²) in [6.45, 7) is 0. The summed E-state index contributed by atoms with van der Waals surface area (Å²) < 4.78 is 0. The van der Waals surface area contributed by atoms with Crippen molar-refractivity contribution in [1.82, 2.24) is 0 Å². The molecule has 0 unspecified atom stereocenters. The molecule has 1 rings (SSSR count). The summed E-state index contributed by atoms with van der Waals surface area (Å²) in [4.78, 5) is 1.11. The molecule has 0 saturated carbocycles. The molecule has 0 aliphatic heterocycles. The normalized spacial score (nSPS) is 8.00. The molecule has 12 heavy (non-hydrogen) atoms. The van der Waals surface area contributed by atoms with Crippen LogP contribution < -0.4 is 0 Å². The van der Waals surface area contributed by atoms with E-state index in [0.29, 0.717) is 0 Å². The molecule has 0 aliphatic carbocycles. The Morgan fingerprint density at radius 2 is 2.08 bits per heavy atom. The number of nitrogens with zero attached hydrogens (tertiary/aromatic N) is 1. The molecule has 0 heterocycles. The van der Waals surface area contributed by atoms with Crippen molar-refractivity contribution in [2.24, 2.45) is 0 Å². The van der Waals surface area contributed by atoms with E-state index in [2.05, 4.69) is 11.8 Å². The average Bonchev–Trinajstić information content (AvgIpc) is 2.15. The van der Waals surface area contributed by atoms with E-state index in [0.717, 1.165) is 10.5 Å². The first-order valence-electron chi connectivity index (χ1n) is 3.41. The van der Waals surface area contributed by atoms with E-state index in [1.54, 1.807) is 17.8 Å². The highest BCUT2D eigenvalue weighted by Gasteiger charge is 1.94. The van der Waals surface area contributed by atoms with Gasteiger partial charge in [0.1, 0.15) is 0 Å². The van der Waals surface area contributed by atoms with E-state index >= 15 is 0 Å². The standard InChI is InChI=1S/C10H7NS/c1-12-10-7-3-2-5-9(10)6-4-8-11/h2-3,5,7H,1H3. The Morgan fingerprint density at radius 3 is 2.75 bits per heavy atom. The lowest BCUT2D eigenvalue weighted by molar-refractivity contribution is 1.42. The Hall–Kier alpha value is -1.38. The molecule has 0 amide bonds. The largest absolute Gasteiger partial charge is 0.183 e. The SMILES string of the molecule is CSc1ccccc1C#CC#N. The minimum atomic E-state index is 0.923. The van der Waals surface area contributed by atoms with Gasteiger partial charge in [-0.05, 0) is 24.3 Å². The van der Waals surface area contributed by atoms with E-state index in [-0.39, 0.29) is 0 Å². The highest BCUT2D eigenvalue weighted by molar-refractivity contribution is 7.98. The van der Waals surface area contributed by atoms with Crippen LogP contribution in [0.15, 0.2) is 29.2 Å². The van der Waals surface area contributed by atoms with Gasteiger partial charge in [0.25, 0.3) is 0 Å². The van der Waals surface area contributed by atoms with E-state index in [9.17, 15) is 0 Å². The third kappa shape index (κ3) is 2.05. The zero-order valence-corrected chi connectivity index (χ0v) is 7.48. The van der Waals surface area contributed by atoms with Gasteiger partial charge < -0.3 is 0 Å². The second-order valence-corrected chi connectivity index (χ2v) is 2.91. The Labute approximate surface area is 76.4 Å². The molecule has 0 N–H and O–H groups in total. The van der Waals surface area contributed by atoms with Crippen molar-refractivity contribution in [1.29, 1.82) is 5.26 Å². The molecule has 1 aromatic carbocycles. The lowest BCUT2D eigenvalue weighted by Gasteiger charge is -1.97. The van der Waals surface area contributed by atoms with E-state index in [1.807, 2.05) is 30.5 Å². The van der Waals surface area contributed by atoms with Crippen LogP contribution in [-0.2, 0) is 0 Å². The van der Waals surface area contributed by atoms with Crippen molar-refractivity contribution in [2.45, 2.75) is 4.90 Å². The van der Waals surface area contributed by atoms with Crippen molar-refractivity contribution in [3.05, 3.63) is 29.8 Å². The fourth-order valence-corrected chi connectivity index (χ4v) is 1.40. The number of rotatable bonds is 1. The highest BCUT2D eigenvalue weighted by Crippen LogP contribution is 2.18. The third-order valence-electron chi connectivity index (χ3n) is 1.36. The Kier molecular flexibility index (Phi) is 3.26. The summed E-state index contributed by atoms with van der Waals surface area (Å²) in [5.74, 6) is 5.16. The minimum absolute atomic E-state index is 0.923. The summed E-state index contributed by atoms with van der Waals surface area (Å²) in [5.41, 5.74) is 0.923. The van der Waals surface area contributed by atoms with Crippen LogP contribution >= 0.6 is 11.8 Å². The second-order valence-electron chi connectivity index (χ2n) is 2.06. The molecule has 1 nitrogen and oxygen atoms in total. The molecular formula is C10H7NS. The summed E-state index contributed by atoms with van der Waals surface area (Å²) in [7, 11) is 0. The van der Waals surface area contributed by atoms with Gasteiger partial charge in [0.05, 0.1) is 0 Å². The van der Waals surface area contributed by atoms with Gasteiger partial charge in [0, 0.05) is 16.4 Å². The maximum atomic E-state index is 8.26. The van der Waals surface area contributed by atoms with Crippen LogP contribution in [0.2, 0.25) is 0 Å². The van der Waals surface area contributed by atoms with Crippen LogP contribution in [0, 0.1) is 23.2 Å². The summed E-state index contributed by atoms with van der Waals surface area (Å²) in [6.07, 6.45) is 1.99. The molecule has 0 bridgehead atoms. The molecule has 0 fully saturated rings. The molecule has 0 aromatic heterocycles. The molecule has 0 radical (unpaired) electrons. The Balaban J connectivity index is 3.07. The van der Waals surface area contributed by atoms with Gasteiger partial charge in [-0.15, -0.1) is 11.8 Å². The van der Waals surface area contributed by atoms with Crippen molar-refractivity contribution >= 4 is 11.8 Å². The van der Waals surface area contributed by atoms with Crippen molar-refractivity contribution < 1.29 is 0 Å². The van der Waals surface area contributed by atoms with E-state index in [1.165, 1.54) is 0 Å². The van der Waals surface area contributed by atoms with Crippen LogP contribution in [0.4, 0.5) is 0 Å². The molecule has 0 spiro atoms. The maximum absolute atomic E-state index is 8.26. The zero-order valence-electron chi connectivity index (χ0n) is 6.66. The quantitative estimate of drug-likeness (QED) is 0.480. The van der Waals surface area contributed by atoms with Gasteiger partial charge in [0.2, 0.25) is 0 Å². The highest BCUT2D eigenvalue weighted by atomic mass is 32.2. The Morgan fingerprint density at radius 1 is 1.33 bits per heavy atom. The molecular weight excluding hydrogens is 166 g/mol. The molecule has 1 aromatic rings. The lowest BCUT2D eigenvalue weighted by Crippen LogP contribution is -1.77. The van der Waals surface area contributed by atoms with E-state index in [4.69, 9.17) is 5.26 Å². The number of nitriles is 1. The van der Waals surface area contributed by atoms with Crippen LogP contribution in [0.3, 0.4) is 0 Å². The number of hydrogen-bond acceptors (Lipinski definition) is 2. The predicted molar refractivity (Wildman–Crippen MR) is 50.7 cm³/mol. The first-order chi connectivity index (χ1) is 5.88. The van der Waals surface area contributed by atoms with Gasteiger partial charge in [-0.2, -0.15) is 5.26 Å². The van der Waals surface area contributed by atoms with Crippen molar-refractivity contribution in [3.63, 3.8) is 0 Å². The first kappa shape index (κ1) is 8.71. The number of benzene rings is 1. The monoisotopic (exact) mass is 173 g/mol. The number of thioether (sulfide) groups is 1. The molecule has 0 aliphatic rings. The summed E-state index contributed by atoms with van der Waals surface area (Å²) in [6, 6.07) is 9.58.